The molecule has 1 atom stereocenters. The molecule has 108 valence electrons. The summed E-state index contributed by atoms with van der Waals surface area (Å²) in [5.74, 6) is 4.65. The molecule has 1 unspecified atom stereocenters. The normalized spacial score (nSPS) is 45.1. The number of nitrogens with two attached hydrogens (primary N) is 1. The van der Waals surface area contributed by atoms with Gasteiger partial charge in [-0.05, 0) is 68.6 Å². The minimum atomic E-state index is 0.255. The average Bonchev–Trinajstić information content (AvgIpc) is 2.92. The lowest BCUT2D eigenvalue weighted by molar-refractivity contribution is -0.00466. The zero-order valence-electron chi connectivity index (χ0n) is 12.4. The smallest absolute Gasteiger partial charge is 0.0711 e. The van der Waals surface area contributed by atoms with Crippen LogP contribution in [0, 0.1) is 23.7 Å². The zero-order valence-corrected chi connectivity index (χ0v) is 12.4. The maximum atomic E-state index is 6.40. The molecule has 0 spiro atoms. The van der Waals surface area contributed by atoms with Crippen molar-refractivity contribution >= 4 is 0 Å². The quantitative estimate of drug-likeness (QED) is 0.853. The van der Waals surface area contributed by atoms with Gasteiger partial charge in [-0.1, -0.05) is 0 Å². The van der Waals surface area contributed by atoms with Crippen LogP contribution in [0.15, 0.2) is 0 Å². The second-order valence-electron chi connectivity index (χ2n) is 7.97. The van der Waals surface area contributed by atoms with Crippen molar-refractivity contribution in [1.29, 1.82) is 0 Å². The number of fused-ring (bicyclic) bond motifs is 1. The molecule has 3 nitrogen and oxygen atoms in total. The molecule has 20 heavy (non-hydrogen) atoms. The van der Waals surface area contributed by atoms with E-state index >= 15 is 0 Å². The Balaban J connectivity index is 1.59. The number of hydrogen-bond acceptors (Lipinski definition) is 2. The molecule has 0 aliphatic heterocycles. The van der Waals surface area contributed by atoms with Crippen molar-refractivity contribution in [2.24, 2.45) is 36.5 Å². The van der Waals surface area contributed by atoms with Crippen molar-refractivity contribution in [2.75, 3.05) is 0 Å². The first-order chi connectivity index (χ1) is 9.70. The summed E-state index contributed by atoms with van der Waals surface area (Å²) in [6, 6.07) is 0.255. The minimum absolute atomic E-state index is 0.255. The molecule has 1 aromatic heterocycles. The summed E-state index contributed by atoms with van der Waals surface area (Å²) in [5.41, 5.74) is 10.7. The van der Waals surface area contributed by atoms with Crippen LogP contribution in [-0.4, -0.2) is 9.78 Å². The Hall–Kier alpha value is -0.830. The molecule has 0 radical (unpaired) electrons. The molecule has 5 aliphatic rings. The number of hydrogen-bond donors (Lipinski definition) is 1. The summed E-state index contributed by atoms with van der Waals surface area (Å²) in [4.78, 5) is 0. The molecular weight excluding hydrogens is 246 g/mol. The predicted octanol–water partition coefficient (Wildman–Crippen LogP) is 2.91. The van der Waals surface area contributed by atoms with Crippen LogP contribution in [0.1, 0.15) is 67.4 Å². The molecule has 4 bridgehead atoms. The van der Waals surface area contributed by atoms with Gasteiger partial charge in [0.1, 0.15) is 0 Å². The van der Waals surface area contributed by atoms with Crippen LogP contribution in [0.25, 0.3) is 0 Å². The molecular formula is C17H25N3. The first kappa shape index (κ1) is 11.8. The van der Waals surface area contributed by atoms with Gasteiger partial charge in [-0.3, -0.25) is 4.68 Å². The van der Waals surface area contributed by atoms with E-state index in [-0.39, 0.29) is 6.04 Å². The van der Waals surface area contributed by atoms with Gasteiger partial charge in [0, 0.05) is 30.3 Å². The van der Waals surface area contributed by atoms with Crippen LogP contribution >= 0.6 is 0 Å². The summed E-state index contributed by atoms with van der Waals surface area (Å²) in [5, 5.41) is 4.97. The van der Waals surface area contributed by atoms with Gasteiger partial charge >= 0.3 is 0 Å². The van der Waals surface area contributed by atoms with E-state index in [2.05, 4.69) is 11.7 Å². The Labute approximate surface area is 120 Å². The topological polar surface area (TPSA) is 43.8 Å². The maximum Gasteiger partial charge on any atom is 0.0711 e. The van der Waals surface area contributed by atoms with E-state index in [0.717, 1.165) is 42.4 Å². The molecule has 0 saturated heterocycles. The minimum Gasteiger partial charge on any atom is -0.324 e. The Kier molecular flexibility index (Phi) is 2.29. The van der Waals surface area contributed by atoms with Gasteiger partial charge in [0.25, 0.3) is 0 Å². The lowest BCUT2D eigenvalue weighted by atomic mass is 9.51. The first-order valence-corrected chi connectivity index (χ1v) is 8.52. The SMILES string of the molecule is Cn1nc(C2C3CC4CC(C3)CC2C4)c2c1CCC2N. The van der Waals surface area contributed by atoms with E-state index in [9.17, 15) is 0 Å². The summed E-state index contributed by atoms with van der Waals surface area (Å²) in [6.07, 6.45) is 9.67. The molecule has 4 saturated carbocycles. The van der Waals surface area contributed by atoms with Gasteiger partial charge in [-0.25, -0.2) is 0 Å². The van der Waals surface area contributed by atoms with Crippen molar-refractivity contribution in [2.45, 2.75) is 56.9 Å². The molecule has 3 heteroatoms. The van der Waals surface area contributed by atoms with E-state index < -0.39 is 0 Å². The van der Waals surface area contributed by atoms with Gasteiger partial charge in [0.15, 0.2) is 0 Å². The van der Waals surface area contributed by atoms with E-state index in [1.54, 1.807) is 0 Å². The van der Waals surface area contributed by atoms with E-state index in [0.29, 0.717) is 0 Å². The molecule has 0 amide bonds. The fourth-order valence-corrected chi connectivity index (χ4v) is 6.35. The fraction of sp³-hybridized carbons (Fsp3) is 0.824. The van der Waals surface area contributed by atoms with Gasteiger partial charge in [0.2, 0.25) is 0 Å². The maximum absolute atomic E-state index is 6.40. The Morgan fingerprint density at radius 1 is 1.05 bits per heavy atom. The summed E-state index contributed by atoms with van der Waals surface area (Å²) < 4.78 is 2.14. The third kappa shape index (κ3) is 1.42. The Bertz CT molecular complexity index is 531. The number of rotatable bonds is 1. The summed E-state index contributed by atoms with van der Waals surface area (Å²) in [6.45, 7) is 0. The third-order valence-electron chi connectivity index (χ3n) is 6.84. The Morgan fingerprint density at radius 3 is 2.35 bits per heavy atom. The average molecular weight is 271 g/mol. The largest absolute Gasteiger partial charge is 0.324 e. The van der Waals surface area contributed by atoms with Crippen molar-refractivity contribution in [3.8, 4) is 0 Å². The zero-order chi connectivity index (χ0) is 13.4. The second kappa shape index (κ2) is 3.88. The Morgan fingerprint density at radius 2 is 1.70 bits per heavy atom. The second-order valence-corrected chi connectivity index (χ2v) is 7.97. The van der Waals surface area contributed by atoms with Crippen LogP contribution in [0.3, 0.4) is 0 Å². The molecule has 6 rings (SSSR count). The van der Waals surface area contributed by atoms with Crippen molar-refractivity contribution < 1.29 is 0 Å². The fourth-order valence-electron chi connectivity index (χ4n) is 6.35. The highest BCUT2D eigenvalue weighted by molar-refractivity contribution is 5.37. The van der Waals surface area contributed by atoms with Gasteiger partial charge in [-0.15, -0.1) is 0 Å². The van der Waals surface area contributed by atoms with Gasteiger partial charge < -0.3 is 5.73 Å². The molecule has 0 aromatic carbocycles. The molecule has 4 fully saturated rings. The highest BCUT2D eigenvalue weighted by atomic mass is 15.3. The summed E-state index contributed by atoms with van der Waals surface area (Å²) >= 11 is 0. The van der Waals surface area contributed by atoms with Gasteiger partial charge in [0.05, 0.1) is 5.69 Å². The van der Waals surface area contributed by atoms with Crippen LogP contribution in [0.5, 0.6) is 0 Å². The first-order valence-electron chi connectivity index (χ1n) is 8.52. The van der Waals surface area contributed by atoms with Crippen LogP contribution in [-0.2, 0) is 13.5 Å². The van der Waals surface area contributed by atoms with E-state index in [1.807, 2.05) is 0 Å². The summed E-state index contributed by atoms with van der Waals surface area (Å²) in [7, 11) is 2.12. The van der Waals surface area contributed by atoms with E-state index in [1.165, 1.54) is 49.1 Å². The number of aryl methyl sites for hydroxylation is 1. The lowest BCUT2D eigenvalue weighted by Gasteiger charge is -2.54. The highest BCUT2D eigenvalue weighted by Crippen LogP contribution is 2.60. The van der Waals surface area contributed by atoms with Crippen molar-refractivity contribution in [3.63, 3.8) is 0 Å². The molecule has 1 aromatic rings. The lowest BCUT2D eigenvalue weighted by Crippen LogP contribution is -2.44. The molecule has 2 N–H and O–H groups in total. The predicted molar refractivity (Wildman–Crippen MR) is 78.2 cm³/mol. The highest BCUT2D eigenvalue weighted by Gasteiger charge is 2.50. The van der Waals surface area contributed by atoms with E-state index in [4.69, 9.17) is 10.8 Å². The van der Waals surface area contributed by atoms with Crippen LogP contribution < -0.4 is 5.73 Å². The van der Waals surface area contributed by atoms with Gasteiger partial charge in [-0.2, -0.15) is 5.10 Å². The van der Waals surface area contributed by atoms with Crippen molar-refractivity contribution in [3.05, 3.63) is 17.0 Å². The standard InChI is InChI=1S/C17H25N3/c1-20-14-3-2-13(18)16(14)17(19-20)15-11-5-9-4-10(7-11)8-12(15)6-9/h9-13,15H,2-8,18H2,1H3. The van der Waals surface area contributed by atoms with Crippen LogP contribution in [0.2, 0.25) is 0 Å². The van der Waals surface area contributed by atoms with Crippen molar-refractivity contribution in [1.82, 2.24) is 9.78 Å². The van der Waals surface area contributed by atoms with Crippen LogP contribution in [0.4, 0.5) is 0 Å². The molecule has 5 aliphatic carbocycles. The molecule has 1 heterocycles. The monoisotopic (exact) mass is 271 g/mol. The number of aromatic nitrogens is 2. The number of nitrogens with zero attached hydrogens (tertiary/aromatic N) is 2. The third-order valence-corrected chi connectivity index (χ3v) is 6.84.